The molecule has 0 saturated carbocycles. The number of thiocarbonyl (C=S) groups is 1. The molecule has 1 atom stereocenters. The molecule has 2 aromatic carbocycles. The first-order chi connectivity index (χ1) is 10.6. The van der Waals surface area contributed by atoms with Crippen molar-refractivity contribution in [3.8, 4) is 0 Å². The van der Waals surface area contributed by atoms with E-state index in [4.69, 9.17) is 12.2 Å². The van der Waals surface area contributed by atoms with Crippen LogP contribution in [0.4, 0.5) is 21.9 Å². The van der Waals surface area contributed by atoms with Gasteiger partial charge in [-0.1, -0.05) is 49.5 Å². The Balaban J connectivity index is 1.91. The molecule has 0 bridgehead atoms. The number of benzene rings is 2. The van der Waals surface area contributed by atoms with E-state index in [9.17, 15) is 4.79 Å². The second-order valence-electron chi connectivity index (χ2n) is 5.31. The molecule has 2 amide bonds. The number of hydrogen-bond acceptors (Lipinski definition) is 2. The van der Waals surface area contributed by atoms with Crippen molar-refractivity contribution < 1.29 is 4.79 Å². The van der Waals surface area contributed by atoms with Gasteiger partial charge in [0.25, 0.3) is 0 Å². The van der Waals surface area contributed by atoms with Gasteiger partial charge in [0.05, 0.1) is 16.4 Å². The third-order valence-corrected chi connectivity index (χ3v) is 4.13. The zero-order valence-electron chi connectivity index (χ0n) is 12.2. The van der Waals surface area contributed by atoms with Crippen molar-refractivity contribution in [3.05, 3.63) is 54.6 Å². The van der Waals surface area contributed by atoms with Crippen LogP contribution in [-0.2, 0) is 0 Å². The largest absolute Gasteiger partial charge is 0.348 e. The molecule has 5 heteroatoms. The van der Waals surface area contributed by atoms with Gasteiger partial charge in [-0.15, -0.1) is 0 Å². The number of para-hydroxylation sites is 3. The predicted molar refractivity (Wildman–Crippen MR) is 94.6 cm³/mol. The average Bonchev–Trinajstić information content (AvgIpc) is 2.66. The van der Waals surface area contributed by atoms with Crippen molar-refractivity contribution >= 4 is 40.3 Å². The number of amides is 2. The molecule has 1 aliphatic heterocycles. The molecule has 112 valence electrons. The number of carbonyl (C=O) groups is 1. The Morgan fingerprint density at radius 2 is 1.86 bits per heavy atom. The Labute approximate surface area is 135 Å². The molecule has 0 saturated heterocycles. The summed E-state index contributed by atoms with van der Waals surface area (Å²) in [6.45, 7) is 2.56. The van der Waals surface area contributed by atoms with Crippen molar-refractivity contribution in [2.75, 3.05) is 22.1 Å². The normalized spacial score (nSPS) is 17.2. The van der Waals surface area contributed by atoms with Crippen LogP contribution >= 0.6 is 12.2 Å². The summed E-state index contributed by atoms with van der Waals surface area (Å²) in [5, 5.41) is 6.16. The van der Waals surface area contributed by atoms with Gasteiger partial charge in [-0.2, -0.15) is 0 Å². The Kier molecular flexibility index (Phi) is 4.06. The van der Waals surface area contributed by atoms with E-state index in [1.165, 1.54) is 0 Å². The topological polar surface area (TPSA) is 44.4 Å². The van der Waals surface area contributed by atoms with Gasteiger partial charge in [-0.25, -0.2) is 4.79 Å². The second-order valence-corrected chi connectivity index (χ2v) is 5.75. The predicted octanol–water partition coefficient (Wildman–Crippen LogP) is 4.11. The van der Waals surface area contributed by atoms with Crippen LogP contribution in [0, 0.1) is 5.92 Å². The molecule has 1 heterocycles. The lowest BCUT2D eigenvalue weighted by molar-refractivity contribution is 0.256. The summed E-state index contributed by atoms with van der Waals surface area (Å²) in [5.41, 5.74) is 2.47. The Bertz CT molecular complexity index is 702. The maximum atomic E-state index is 12.7. The fourth-order valence-corrected chi connectivity index (χ4v) is 2.62. The molecular formula is C17H17N3OS. The number of rotatable bonds is 1. The van der Waals surface area contributed by atoms with Crippen LogP contribution in [0.25, 0.3) is 0 Å². The molecule has 2 N–H and O–H groups in total. The summed E-state index contributed by atoms with van der Waals surface area (Å²) in [5.74, 6) is 0.0870. The van der Waals surface area contributed by atoms with E-state index in [1.807, 2.05) is 61.5 Å². The summed E-state index contributed by atoms with van der Waals surface area (Å²) < 4.78 is 0. The third kappa shape index (κ3) is 2.94. The van der Waals surface area contributed by atoms with Crippen LogP contribution in [0.2, 0.25) is 0 Å². The van der Waals surface area contributed by atoms with Crippen LogP contribution < -0.4 is 15.5 Å². The van der Waals surface area contributed by atoms with E-state index in [1.54, 1.807) is 4.90 Å². The maximum Gasteiger partial charge on any atom is 0.326 e. The monoisotopic (exact) mass is 311 g/mol. The van der Waals surface area contributed by atoms with Gasteiger partial charge in [0.2, 0.25) is 0 Å². The molecule has 3 rings (SSSR count). The molecule has 0 spiro atoms. The molecule has 1 aliphatic rings. The lowest BCUT2D eigenvalue weighted by Gasteiger charge is -2.24. The maximum absolute atomic E-state index is 12.7. The minimum absolute atomic E-state index is 0.0870. The van der Waals surface area contributed by atoms with E-state index in [0.29, 0.717) is 6.54 Å². The molecule has 0 radical (unpaired) electrons. The van der Waals surface area contributed by atoms with Gasteiger partial charge in [-0.05, 0) is 24.3 Å². The molecule has 1 unspecified atom stereocenters. The number of urea groups is 1. The SMILES string of the molecule is CC1CN(C(=O)Nc2ccccc2)c2ccccc2NC1=S. The molecule has 0 aliphatic carbocycles. The minimum Gasteiger partial charge on any atom is -0.348 e. The van der Waals surface area contributed by atoms with E-state index in [-0.39, 0.29) is 11.9 Å². The number of anilines is 3. The fourth-order valence-electron chi connectivity index (χ4n) is 2.43. The smallest absolute Gasteiger partial charge is 0.326 e. The summed E-state index contributed by atoms with van der Waals surface area (Å²) >= 11 is 5.39. The minimum atomic E-state index is -0.156. The van der Waals surface area contributed by atoms with Crippen LogP contribution in [-0.4, -0.2) is 17.6 Å². The summed E-state index contributed by atoms with van der Waals surface area (Å²) in [6, 6.07) is 17.0. The quantitative estimate of drug-likeness (QED) is 0.779. The van der Waals surface area contributed by atoms with Crippen LogP contribution in [0.15, 0.2) is 54.6 Å². The molecular weight excluding hydrogens is 294 g/mol. The van der Waals surface area contributed by atoms with Gasteiger partial charge >= 0.3 is 6.03 Å². The van der Waals surface area contributed by atoms with Crippen LogP contribution in [0.3, 0.4) is 0 Å². The third-order valence-electron chi connectivity index (χ3n) is 3.63. The number of carbonyl (C=O) groups excluding carboxylic acids is 1. The van der Waals surface area contributed by atoms with Gasteiger partial charge in [0, 0.05) is 18.2 Å². The zero-order chi connectivity index (χ0) is 15.5. The molecule has 2 aromatic rings. The van der Waals surface area contributed by atoms with E-state index >= 15 is 0 Å². The first-order valence-electron chi connectivity index (χ1n) is 7.18. The number of hydrogen-bond donors (Lipinski definition) is 2. The van der Waals surface area contributed by atoms with Crippen molar-refractivity contribution in [1.82, 2.24) is 0 Å². The van der Waals surface area contributed by atoms with Gasteiger partial charge in [-0.3, -0.25) is 4.90 Å². The highest BCUT2D eigenvalue weighted by atomic mass is 32.1. The summed E-state index contributed by atoms with van der Waals surface area (Å²) in [7, 11) is 0. The second kappa shape index (κ2) is 6.15. The first-order valence-corrected chi connectivity index (χ1v) is 7.59. The van der Waals surface area contributed by atoms with Crippen molar-refractivity contribution in [2.45, 2.75) is 6.92 Å². The van der Waals surface area contributed by atoms with Crippen molar-refractivity contribution in [3.63, 3.8) is 0 Å². The molecule has 0 aromatic heterocycles. The Morgan fingerprint density at radius 1 is 1.18 bits per heavy atom. The van der Waals surface area contributed by atoms with Crippen molar-refractivity contribution in [1.29, 1.82) is 0 Å². The lowest BCUT2D eigenvalue weighted by Crippen LogP contribution is -2.38. The lowest BCUT2D eigenvalue weighted by atomic mass is 10.2. The highest BCUT2D eigenvalue weighted by molar-refractivity contribution is 7.80. The summed E-state index contributed by atoms with van der Waals surface area (Å²) in [6.07, 6.45) is 0. The average molecular weight is 311 g/mol. The molecule has 4 nitrogen and oxygen atoms in total. The van der Waals surface area contributed by atoms with Gasteiger partial charge in [0.1, 0.15) is 0 Å². The highest BCUT2D eigenvalue weighted by Crippen LogP contribution is 2.30. The van der Waals surface area contributed by atoms with Crippen molar-refractivity contribution in [2.24, 2.45) is 5.92 Å². The van der Waals surface area contributed by atoms with E-state index in [2.05, 4.69) is 10.6 Å². The number of nitrogens with one attached hydrogen (secondary N) is 2. The van der Waals surface area contributed by atoms with Crippen LogP contribution in [0.5, 0.6) is 0 Å². The molecule has 22 heavy (non-hydrogen) atoms. The van der Waals surface area contributed by atoms with Crippen LogP contribution in [0.1, 0.15) is 6.92 Å². The zero-order valence-corrected chi connectivity index (χ0v) is 13.1. The Morgan fingerprint density at radius 3 is 2.64 bits per heavy atom. The van der Waals surface area contributed by atoms with Gasteiger partial charge in [0.15, 0.2) is 0 Å². The summed E-state index contributed by atoms with van der Waals surface area (Å²) in [4.78, 5) is 15.2. The first kappa shape index (κ1) is 14.5. The number of nitrogens with zero attached hydrogens (tertiary/aromatic N) is 1. The molecule has 0 fully saturated rings. The highest BCUT2D eigenvalue weighted by Gasteiger charge is 2.26. The van der Waals surface area contributed by atoms with Gasteiger partial charge < -0.3 is 10.6 Å². The van der Waals surface area contributed by atoms with E-state index in [0.717, 1.165) is 22.1 Å². The number of fused-ring (bicyclic) bond motifs is 1. The fraction of sp³-hybridized carbons (Fsp3) is 0.176. The standard InChI is InChI=1S/C17H17N3OS/c1-12-11-20(17(21)18-13-7-3-2-4-8-13)15-10-6-5-9-14(15)19-16(12)22/h2-10,12H,11H2,1H3,(H,18,21)(H,19,22). The van der Waals surface area contributed by atoms with E-state index < -0.39 is 0 Å². The Hall–Kier alpha value is -2.40.